The number of non-ortho nitro benzene ring substituents is 1. The molecule has 0 radical (unpaired) electrons. The van der Waals surface area contributed by atoms with Crippen molar-refractivity contribution in [3.05, 3.63) is 89.0 Å². The molecular weight excluding hydrogens is 604 g/mol. The molecule has 0 atom stereocenters. The highest BCUT2D eigenvalue weighted by Gasteiger charge is 2.19. The van der Waals surface area contributed by atoms with Gasteiger partial charge in [-0.3, -0.25) is 19.2 Å². The van der Waals surface area contributed by atoms with Crippen LogP contribution in [0.2, 0.25) is 0 Å². The Labute approximate surface area is 242 Å². The monoisotopic (exact) mass is 622 g/mol. The number of hydrogen-bond acceptors (Lipinski definition) is 12. The molecule has 0 bridgehead atoms. The number of nitro benzene ring substituents is 1. The van der Waals surface area contributed by atoms with Crippen LogP contribution in [0.3, 0.4) is 0 Å². The van der Waals surface area contributed by atoms with Crippen molar-refractivity contribution in [2.75, 3.05) is 5.73 Å². The van der Waals surface area contributed by atoms with Gasteiger partial charge in [-0.2, -0.15) is 21.9 Å². The SMILES string of the molecule is Nc1ccc(S(=O)(=O)O)c2ccc(N=Nc3ccc(N=Nc4cccc([N+](=O)[O-])c4)c4cc(S(=O)(=O)O)ccc34)c(O)c12. The molecule has 0 heterocycles. The molecule has 15 nitrogen and oxygen atoms in total. The maximum absolute atomic E-state index is 11.8. The number of nitrogens with zero attached hydrogens (tertiary/aromatic N) is 5. The summed E-state index contributed by atoms with van der Waals surface area (Å²) in [5.41, 5.74) is 6.10. The Kier molecular flexibility index (Phi) is 7.32. The molecule has 0 unspecified atom stereocenters. The highest BCUT2D eigenvalue weighted by atomic mass is 32.2. The molecule has 0 aromatic heterocycles. The third-order valence-corrected chi connectivity index (χ3v) is 7.98. The zero-order valence-corrected chi connectivity index (χ0v) is 23.1. The van der Waals surface area contributed by atoms with Crippen molar-refractivity contribution >= 4 is 75.9 Å². The lowest BCUT2D eigenvalue weighted by molar-refractivity contribution is -0.384. The highest BCUT2D eigenvalue weighted by molar-refractivity contribution is 7.86. The molecule has 0 aliphatic carbocycles. The van der Waals surface area contributed by atoms with Gasteiger partial charge in [-0.25, -0.2) is 0 Å². The maximum Gasteiger partial charge on any atom is 0.295 e. The summed E-state index contributed by atoms with van der Waals surface area (Å²) < 4.78 is 66.3. The number of phenolic OH excluding ortho intramolecular Hbond substituents is 1. The summed E-state index contributed by atoms with van der Waals surface area (Å²) in [5, 5.41) is 38.6. The van der Waals surface area contributed by atoms with Crippen LogP contribution in [0.4, 0.5) is 34.1 Å². The van der Waals surface area contributed by atoms with Crippen molar-refractivity contribution in [3.8, 4) is 5.75 Å². The first kappa shape index (κ1) is 29.1. The summed E-state index contributed by atoms with van der Waals surface area (Å²) in [6.45, 7) is 0. The Balaban J connectivity index is 1.62. The van der Waals surface area contributed by atoms with E-state index in [1.807, 2.05) is 0 Å². The number of nitrogen functional groups attached to an aromatic ring is 1. The average molecular weight is 623 g/mol. The molecule has 5 rings (SSSR count). The van der Waals surface area contributed by atoms with E-state index in [-0.39, 0.29) is 50.3 Å². The van der Waals surface area contributed by atoms with Gasteiger partial charge in [-0.05, 0) is 48.5 Å². The average Bonchev–Trinajstić information content (AvgIpc) is 2.94. The molecule has 0 aliphatic rings. The summed E-state index contributed by atoms with van der Waals surface area (Å²) in [6.07, 6.45) is 0. The Morgan fingerprint density at radius 1 is 0.698 bits per heavy atom. The second kappa shape index (κ2) is 10.8. The Morgan fingerprint density at radius 2 is 1.33 bits per heavy atom. The van der Waals surface area contributed by atoms with Crippen LogP contribution in [0.5, 0.6) is 5.75 Å². The number of phenols is 1. The number of hydrogen-bond donors (Lipinski definition) is 4. The molecular formula is C26H18N6O9S2. The lowest BCUT2D eigenvalue weighted by Gasteiger charge is -2.10. The van der Waals surface area contributed by atoms with Gasteiger partial charge < -0.3 is 10.8 Å². The smallest absolute Gasteiger partial charge is 0.295 e. The number of benzene rings is 5. The van der Waals surface area contributed by atoms with Gasteiger partial charge >= 0.3 is 0 Å². The number of nitro groups is 1. The third kappa shape index (κ3) is 5.86. The van der Waals surface area contributed by atoms with E-state index < -0.39 is 40.7 Å². The first-order valence-electron chi connectivity index (χ1n) is 11.9. The molecule has 0 spiro atoms. The van der Waals surface area contributed by atoms with Crippen molar-refractivity contribution in [1.29, 1.82) is 0 Å². The molecule has 0 amide bonds. The minimum Gasteiger partial charge on any atom is -0.505 e. The first-order valence-corrected chi connectivity index (χ1v) is 14.8. The fourth-order valence-electron chi connectivity index (χ4n) is 4.24. The molecule has 5 aromatic rings. The molecule has 218 valence electrons. The van der Waals surface area contributed by atoms with Crippen molar-refractivity contribution in [1.82, 2.24) is 0 Å². The Hall–Kier alpha value is -5.36. The van der Waals surface area contributed by atoms with E-state index >= 15 is 0 Å². The van der Waals surface area contributed by atoms with Crippen LogP contribution < -0.4 is 5.73 Å². The summed E-state index contributed by atoms with van der Waals surface area (Å²) >= 11 is 0. The van der Waals surface area contributed by atoms with Gasteiger partial charge in [0.25, 0.3) is 25.9 Å². The van der Waals surface area contributed by atoms with Crippen molar-refractivity contribution in [2.45, 2.75) is 9.79 Å². The number of nitrogens with two attached hydrogens (primary N) is 1. The number of azo groups is 2. The predicted molar refractivity (Wildman–Crippen MR) is 155 cm³/mol. The van der Waals surface area contributed by atoms with Crippen molar-refractivity contribution in [2.24, 2.45) is 20.5 Å². The maximum atomic E-state index is 11.8. The standard InChI is InChI=1S/C26H18N6O9S2/c27-20-7-11-24(43(39,40)41)18-6-8-23(26(33)25(18)20)31-30-21-9-10-22(19-13-16(42(36,37)38)4-5-17(19)21)29-28-14-2-1-3-15(12-14)32(34)35/h1-13,33H,27H2,(H,36,37,38)(H,39,40,41). The van der Waals surface area contributed by atoms with Gasteiger partial charge in [-0.1, -0.05) is 18.2 Å². The molecule has 17 heteroatoms. The molecule has 0 aliphatic heterocycles. The first-order chi connectivity index (χ1) is 20.2. The number of aromatic hydroxyl groups is 1. The topological polar surface area (TPSA) is 248 Å². The van der Waals surface area contributed by atoms with E-state index in [1.165, 1.54) is 60.7 Å². The number of fused-ring (bicyclic) bond motifs is 2. The summed E-state index contributed by atoms with van der Waals surface area (Å²) in [6, 6.07) is 16.7. The Morgan fingerprint density at radius 3 is 2.00 bits per heavy atom. The predicted octanol–water partition coefficient (Wildman–Crippen LogP) is 6.51. The van der Waals surface area contributed by atoms with Crippen LogP contribution in [-0.4, -0.2) is 36.0 Å². The van der Waals surface area contributed by atoms with Gasteiger partial charge in [0.1, 0.15) is 10.6 Å². The molecule has 5 aromatic carbocycles. The minimum atomic E-state index is -4.63. The number of rotatable bonds is 7. The third-order valence-electron chi connectivity index (χ3n) is 6.22. The Bertz CT molecular complexity index is 2250. The highest BCUT2D eigenvalue weighted by Crippen LogP contribution is 2.42. The van der Waals surface area contributed by atoms with Crippen molar-refractivity contribution < 1.29 is 36.0 Å². The van der Waals surface area contributed by atoms with Crippen LogP contribution in [0.25, 0.3) is 21.5 Å². The summed E-state index contributed by atoms with van der Waals surface area (Å²) in [7, 11) is -9.24. The van der Waals surface area contributed by atoms with Crippen molar-refractivity contribution in [3.63, 3.8) is 0 Å². The zero-order chi connectivity index (χ0) is 31.1. The summed E-state index contributed by atoms with van der Waals surface area (Å²) in [4.78, 5) is 9.56. The van der Waals surface area contributed by atoms with E-state index in [9.17, 15) is 41.2 Å². The van der Waals surface area contributed by atoms with Gasteiger partial charge in [-0.15, -0.1) is 15.3 Å². The second-order valence-electron chi connectivity index (χ2n) is 8.95. The van der Waals surface area contributed by atoms with E-state index in [0.717, 1.165) is 18.2 Å². The quantitative estimate of drug-likeness (QED) is 0.0503. The fourth-order valence-corrected chi connectivity index (χ4v) is 5.44. The molecule has 0 saturated carbocycles. The van der Waals surface area contributed by atoms with E-state index in [2.05, 4.69) is 20.5 Å². The molecule has 43 heavy (non-hydrogen) atoms. The number of anilines is 1. The van der Waals surface area contributed by atoms with Gasteiger partial charge in [0, 0.05) is 34.0 Å². The second-order valence-corrected chi connectivity index (χ2v) is 11.8. The van der Waals surface area contributed by atoms with Crippen LogP contribution in [0, 0.1) is 10.1 Å². The minimum absolute atomic E-state index is 0.0126. The summed E-state index contributed by atoms with van der Waals surface area (Å²) in [5.74, 6) is -0.510. The van der Waals surface area contributed by atoms with Gasteiger partial charge in [0.2, 0.25) is 0 Å². The molecule has 5 N–H and O–H groups in total. The van der Waals surface area contributed by atoms with E-state index in [1.54, 1.807) is 0 Å². The van der Waals surface area contributed by atoms with Crippen LogP contribution in [0.15, 0.2) is 109 Å². The normalized spacial score (nSPS) is 12.5. The fraction of sp³-hybridized carbons (Fsp3) is 0. The van der Waals surface area contributed by atoms with Crippen LogP contribution in [0.1, 0.15) is 0 Å². The molecule has 0 saturated heterocycles. The zero-order valence-electron chi connectivity index (χ0n) is 21.4. The van der Waals surface area contributed by atoms with E-state index in [4.69, 9.17) is 5.73 Å². The lowest BCUT2D eigenvalue weighted by atomic mass is 10.1. The van der Waals surface area contributed by atoms with Gasteiger partial charge in [0.05, 0.1) is 32.3 Å². The van der Waals surface area contributed by atoms with Gasteiger partial charge in [0.15, 0.2) is 5.75 Å². The van der Waals surface area contributed by atoms with Crippen LogP contribution >= 0.6 is 0 Å². The lowest BCUT2D eigenvalue weighted by Crippen LogP contribution is -2.00. The molecule has 0 fully saturated rings. The van der Waals surface area contributed by atoms with E-state index in [0.29, 0.717) is 5.39 Å². The van der Waals surface area contributed by atoms with Crippen LogP contribution in [-0.2, 0) is 20.2 Å². The largest absolute Gasteiger partial charge is 0.505 e.